The maximum atomic E-state index is 14.4. The van der Waals surface area contributed by atoms with E-state index in [0.29, 0.717) is 54.4 Å². The smallest absolute Gasteiger partial charge is 0.326 e. The van der Waals surface area contributed by atoms with E-state index in [1.807, 2.05) is 41.8 Å². The largest absolute Gasteiger partial charge is 0.497 e. The zero-order valence-corrected chi connectivity index (χ0v) is 24.3. The number of fused-ring (bicyclic) bond motifs is 3. The van der Waals surface area contributed by atoms with Crippen molar-refractivity contribution in [3.8, 4) is 5.75 Å². The van der Waals surface area contributed by atoms with Gasteiger partial charge in [0.15, 0.2) is 0 Å². The topological polar surface area (TPSA) is 110 Å². The third-order valence-corrected chi connectivity index (χ3v) is 8.17. The number of methoxy groups -OCH3 is 1. The van der Waals surface area contributed by atoms with Crippen molar-refractivity contribution in [3.05, 3.63) is 95.4 Å². The zero-order valence-electron chi connectivity index (χ0n) is 24.3. The molecule has 1 heterocycles. The number of aromatic nitrogens is 1. The first-order valence-electron chi connectivity index (χ1n) is 14.6. The molecule has 9 heteroatoms. The van der Waals surface area contributed by atoms with Crippen LogP contribution in [0.2, 0.25) is 0 Å². The molecule has 0 fully saturated rings. The predicted molar refractivity (Wildman–Crippen MR) is 163 cm³/mol. The molecule has 1 aliphatic carbocycles. The molecular weight excluding hydrogens is 549 g/mol. The van der Waals surface area contributed by atoms with Crippen LogP contribution in [-0.2, 0) is 33.6 Å². The summed E-state index contributed by atoms with van der Waals surface area (Å²) < 4.78 is 21.4. The summed E-state index contributed by atoms with van der Waals surface area (Å²) in [6.45, 7) is 1.82. The first-order valence-corrected chi connectivity index (χ1v) is 14.6. The van der Waals surface area contributed by atoms with E-state index < -0.39 is 23.7 Å². The summed E-state index contributed by atoms with van der Waals surface area (Å²) in [5.41, 5.74) is 3.95. The van der Waals surface area contributed by atoms with Crippen molar-refractivity contribution in [3.63, 3.8) is 0 Å². The van der Waals surface area contributed by atoms with Crippen molar-refractivity contribution < 1.29 is 28.6 Å². The number of rotatable bonds is 11. The van der Waals surface area contributed by atoms with Gasteiger partial charge in [-0.25, -0.2) is 9.18 Å². The number of ether oxygens (including phenoxy) is 1. The normalized spacial score (nSPS) is 15.7. The molecule has 43 heavy (non-hydrogen) atoms. The molecule has 0 spiro atoms. The highest BCUT2D eigenvalue weighted by Crippen LogP contribution is 2.36. The minimum atomic E-state index is -0.932. The van der Waals surface area contributed by atoms with E-state index >= 15 is 0 Å². The molecule has 3 aromatic carbocycles. The number of nitrogens with zero attached hydrogens (tertiary/aromatic N) is 1. The number of anilines is 1. The number of carbonyl (C=O) groups excluding carboxylic acids is 2. The third kappa shape index (κ3) is 6.71. The van der Waals surface area contributed by atoms with E-state index in [0.717, 1.165) is 16.8 Å². The molecule has 3 atom stereocenters. The molecule has 0 bridgehead atoms. The van der Waals surface area contributed by atoms with Gasteiger partial charge in [-0.15, -0.1) is 0 Å². The molecule has 1 aliphatic rings. The monoisotopic (exact) mass is 585 g/mol. The van der Waals surface area contributed by atoms with Crippen LogP contribution in [0.15, 0.2) is 72.8 Å². The van der Waals surface area contributed by atoms with Gasteiger partial charge in [0.05, 0.1) is 13.0 Å². The van der Waals surface area contributed by atoms with Crippen LogP contribution in [-0.4, -0.2) is 40.6 Å². The Labute approximate surface area is 249 Å². The second kappa shape index (κ2) is 13.1. The maximum Gasteiger partial charge on any atom is 0.326 e. The first kappa shape index (κ1) is 29.8. The first-order chi connectivity index (χ1) is 20.8. The number of aliphatic carboxylic acids is 1. The third-order valence-electron chi connectivity index (χ3n) is 8.17. The highest BCUT2D eigenvalue weighted by molar-refractivity contribution is 5.94. The van der Waals surface area contributed by atoms with Crippen LogP contribution >= 0.6 is 0 Å². The molecule has 5 rings (SSSR count). The fourth-order valence-corrected chi connectivity index (χ4v) is 6.12. The highest BCUT2D eigenvalue weighted by Gasteiger charge is 2.32. The minimum Gasteiger partial charge on any atom is -0.497 e. The summed E-state index contributed by atoms with van der Waals surface area (Å²) in [6, 6.07) is 20.1. The summed E-state index contributed by atoms with van der Waals surface area (Å²) >= 11 is 0. The van der Waals surface area contributed by atoms with Crippen molar-refractivity contribution in [2.45, 2.75) is 57.5 Å². The van der Waals surface area contributed by atoms with Gasteiger partial charge in [0.2, 0.25) is 11.8 Å². The van der Waals surface area contributed by atoms with Crippen LogP contribution in [0.5, 0.6) is 5.75 Å². The quantitative estimate of drug-likeness (QED) is 0.210. The molecule has 1 unspecified atom stereocenters. The van der Waals surface area contributed by atoms with Crippen LogP contribution in [0, 0.1) is 11.7 Å². The van der Waals surface area contributed by atoms with E-state index in [9.17, 15) is 23.9 Å². The van der Waals surface area contributed by atoms with E-state index in [1.54, 1.807) is 37.4 Å². The molecule has 1 aromatic heterocycles. The Morgan fingerprint density at radius 3 is 2.58 bits per heavy atom. The highest BCUT2D eigenvalue weighted by atomic mass is 19.1. The lowest BCUT2D eigenvalue weighted by Crippen LogP contribution is -2.43. The Hall–Kier alpha value is -4.66. The summed E-state index contributed by atoms with van der Waals surface area (Å²) in [4.78, 5) is 38.9. The molecule has 8 nitrogen and oxygen atoms in total. The second-order valence-corrected chi connectivity index (χ2v) is 11.0. The number of carbonyl (C=O) groups is 3. The molecule has 0 radical (unpaired) electrons. The summed E-state index contributed by atoms with van der Waals surface area (Å²) in [5, 5.41) is 16.6. The number of nitrogens with one attached hydrogen (secondary N) is 2. The number of carboxylic acids is 1. The van der Waals surface area contributed by atoms with Crippen molar-refractivity contribution in [1.82, 2.24) is 9.88 Å². The zero-order chi connectivity index (χ0) is 30.5. The summed E-state index contributed by atoms with van der Waals surface area (Å²) in [5.74, 6) is -1.85. The van der Waals surface area contributed by atoms with Gasteiger partial charge in [-0.3, -0.25) is 9.59 Å². The van der Waals surface area contributed by atoms with Crippen LogP contribution in [0.25, 0.3) is 10.9 Å². The van der Waals surface area contributed by atoms with E-state index in [2.05, 4.69) is 10.6 Å². The van der Waals surface area contributed by atoms with E-state index in [1.165, 1.54) is 12.1 Å². The molecule has 2 amide bonds. The number of benzene rings is 3. The Morgan fingerprint density at radius 2 is 1.86 bits per heavy atom. The molecule has 0 aliphatic heterocycles. The van der Waals surface area contributed by atoms with Crippen LogP contribution < -0.4 is 15.4 Å². The minimum absolute atomic E-state index is 0.0166. The summed E-state index contributed by atoms with van der Waals surface area (Å²) in [6.07, 6.45) is 2.34. The van der Waals surface area contributed by atoms with Crippen LogP contribution in [0.1, 0.15) is 49.0 Å². The van der Waals surface area contributed by atoms with Gasteiger partial charge in [-0.1, -0.05) is 43.3 Å². The molecule has 0 saturated carbocycles. The van der Waals surface area contributed by atoms with Gasteiger partial charge in [-0.05, 0) is 73.6 Å². The predicted octanol–water partition coefficient (Wildman–Crippen LogP) is 5.69. The van der Waals surface area contributed by atoms with Crippen molar-refractivity contribution >= 4 is 34.4 Å². The summed E-state index contributed by atoms with van der Waals surface area (Å²) in [7, 11) is 1.55. The standard InChI is InChI=1S/C34H36FN3O5/c1-3-29(34(41)42)38-30-14-12-23(35)18-27(30)28-20-25(13-15-31(28)38)37-33(40)22(16-21-8-5-4-6-9-21)17-32(39)36-24-10-7-11-26(19-24)43-2/h4-12,14,18-19,22,25,29H,3,13,15-17,20H2,1-2H3,(H,36,39)(H,37,40)(H,41,42)/t22-,25-,29?/m0/s1. The second-order valence-electron chi connectivity index (χ2n) is 11.0. The number of hydrogen-bond acceptors (Lipinski definition) is 4. The molecule has 0 saturated heterocycles. The van der Waals surface area contributed by atoms with E-state index in [4.69, 9.17) is 4.74 Å². The van der Waals surface area contributed by atoms with Gasteiger partial charge < -0.3 is 25.0 Å². The number of halogens is 1. The van der Waals surface area contributed by atoms with Gasteiger partial charge in [0.1, 0.15) is 17.6 Å². The van der Waals surface area contributed by atoms with Crippen molar-refractivity contribution in [2.24, 2.45) is 5.92 Å². The Bertz CT molecular complexity index is 1630. The van der Waals surface area contributed by atoms with Crippen LogP contribution in [0.3, 0.4) is 0 Å². The van der Waals surface area contributed by atoms with Crippen LogP contribution in [0.4, 0.5) is 10.1 Å². The SMILES string of the molecule is CCC(C(=O)O)n1c2c(c3cc(F)ccc31)C[C@@H](NC(=O)[C@H](CC(=O)Nc1cccc(OC)c1)Cc1ccccc1)CC2. The Kier molecular flexibility index (Phi) is 9.09. The number of carboxylic acid groups (broad SMARTS) is 1. The Balaban J connectivity index is 1.36. The fraction of sp³-hybridized carbons (Fsp3) is 0.324. The van der Waals surface area contributed by atoms with Crippen molar-refractivity contribution in [2.75, 3.05) is 12.4 Å². The molecule has 3 N–H and O–H groups in total. The maximum absolute atomic E-state index is 14.4. The lowest BCUT2D eigenvalue weighted by molar-refractivity contribution is -0.141. The number of hydrogen-bond donors (Lipinski definition) is 3. The van der Waals surface area contributed by atoms with E-state index in [-0.39, 0.29) is 24.3 Å². The lowest BCUT2D eigenvalue weighted by atomic mass is 9.89. The Morgan fingerprint density at radius 1 is 1.07 bits per heavy atom. The van der Waals surface area contributed by atoms with Gasteiger partial charge >= 0.3 is 5.97 Å². The molecule has 4 aromatic rings. The van der Waals surface area contributed by atoms with Crippen molar-refractivity contribution in [1.29, 1.82) is 0 Å². The van der Waals surface area contributed by atoms with Gasteiger partial charge in [0, 0.05) is 40.8 Å². The molecular formula is C34H36FN3O5. The lowest BCUT2D eigenvalue weighted by Gasteiger charge is -2.28. The average molecular weight is 586 g/mol. The van der Waals surface area contributed by atoms with Gasteiger partial charge in [0.25, 0.3) is 0 Å². The average Bonchev–Trinajstić information content (AvgIpc) is 3.30. The fourth-order valence-electron chi connectivity index (χ4n) is 6.12. The number of amides is 2. The molecule has 224 valence electrons. The van der Waals surface area contributed by atoms with Gasteiger partial charge in [-0.2, -0.15) is 0 Å².